The summed E-state index contributed by atoms with van der Waals surface area (Å²) in [5, 5.41) is 8.46. The lowest BCUT2D eigenvalue weighted by Gasteiger charge is -2.30. The van der Waals surface area contributed by atoms with Crippen molar-refractivity contribution in [2.45, 2.75) is 70.5 Å². The summed E-state index contributed by atoms with van der Waals surface area (Å²) in [6.45, 7) is 1.80. The average molecular weight is 495 g/mol. The lowest BCUT2D eigenvalue weighted by Crippen LogP contribution is -2.36. The van der Waals surface area contributed by atoms with Crippen molar-refractivity contribution in [3.63, 3.8) is 0 Å². The van der Waals surface area contributed by atoms with Crippen LogP contribution in [0, 0.1) is 12.8 Å². The molecule has 2 aliphatic rings. The van der Waals surface area contributed by atoms with Crippen LogP contribution < -0.4 is 20.9 Å². The Balaban J connectivity index is 1.26. The average Bonchev–Trinajstić information content (AvgIpc) is 3.18. The van der Waals surface area contributed by atoms with E-state index in [0.717, 1.165) is 56.5 Å². The van der Waals surface area contributed by atoms with Crippen molar-refractivity contribution < 1.29 is 22.4 Å². The molecular formula is C24H33F3N6O2. The number of aromatic nitrogens is 2. The molecule has 0 aromatic carbocycles. The zero-order chi connectivity index (χ0) is 25.2. The van der Waals surface area contributed by atoms with Gasteiger partial charge < -0.3 is 25.3 Å². The zero-order valence-corrected chi connectivity index (χ0v) is 20.4. The number of fused-ring (bicyclic) bond motifs is 1. The van der Waals surface area contributed by atoms with Crippen LogP contribution in [0.2, 0.25) is 0 Å². The topological polar surface area (TPSA) is 95.3 Å². The Bertz CT molecular complexity index is 1040. The third-order valence-electron chi connectivity index (χ3n) is 6.68. The summed E-state index contributed by atoms with van der Waals surface area (Å²) < 4.78 is 43.8. The number of halogens is 3. The van der Waals surface area contributed by atoms with E-state index in [-0.39, 0.29) is 23.4 Å². The predicted molar refractivity (Wildman–Crippen MR) is 128 cm³/mol. The fourth-order valence-electron chi connectivity index (χ4n) is 4.92. The molecule has 2 heterocycles. The van der Waals surface area contributed by atoms with Crippen LogP contribution in [0.25, 0.3) is 0 Å². The lowest BCUT2D eigenvalue weighted by molar-refractivity contribution is -0.152. The minimum Gasteiger partial charge on any atom is -0.455 e. The second kappa shape index (κ2) is 10.3. The van der Waals surface area contributed by atoms with Gasteiger partial charge in [0.25, 0.3) is 0 Å². The molecule has 2 aromatic heterocycles. The summed E-state index contributed by atoms with van der Waals surface area (Å²) in [5.74, 6) is 0.806. The van der Waals surface area contributed by atoms with Crippen molar-refractivity contribution in [2.24, 2.45) is 5.92 Å². The number of nitrogens with zero attached hydrogens (tertiary/aromatic N) is 3. The largest absolute Gasteiger partial charge is 0.455 e. The van der Waals surface area contributed by atoms with E-state index in [2.05, 4.69) is 16.0 Å². The summed E-state index contributed by atoms with van der Waals surface area (Å²) in [5.41, 5.74) is 2.03. The molecule has 35 heavy (non-hydrogen) atoms. The van der Waals surface area contributed by atoms with Crippen molar-refractivity contribution in [2.75, 3.05) is 36.2 Å². The van der Waals surface area contributed by atoms with E-state index in [1.807, 2.05) is 19.0 Å². The molecule has 192 valence electrons. The van der Waals surface area contributed by atoms with Crippen molar-refractivity contribution in [3.05, 3.63) is 28.8 Å². The minimum atomic E-state index is -4.67. The second-order valence-corrected chi connectivity index (χ2v) is 9.69. The second-order valence-electron chi connectivity index (χ2n) is 9.69. The van der Waals surface area contributed by atoms with Gasteiger partial charge in [-0.25, -0.2) is 9.78 Å². The maximum atomic E-state index is 13.0. The Kier molecular flexibility index (Phi) is 7.42. The van der Waals surface area contributed by atoms with Gasteiger partial charge in [0.1, 0.15) is 11.6 Å². The molecule has 0 aliphatic heterocycles. The highest BCUT2D eigenvalue weighted by Gasteiger charge is 2.38. The fourth-order valence-corrected chi connectivity index (χ4v) is 4.92. The summed E-state index contributed by atoms with van der Waals surface area (Å²) >= 11 is 0. The van der Waals surface area contributed by atoms with E-state index in [1.54, 1.807) is 0 Å². The predicted octanol–water partition coefficient (Wildman–Crippen LogP) is 5.13. The van der Waals surface area contributed by atoms with Gasteiger partial charge in [-0.2, -0.15) is 18.2 Å². The van der Waals surface area contributed by atoms with Crippen LogP contribution in [0.3, 0.4) is 0 Å². The number of carbonyl (C=O) groups is 1. The van der Waals surface area contributed by atoms with Crippen molar-refractivity contribution >= 4 is 23.5 Å². The first-order valence-electron chi connectivity index (χ1n) is 12.2. The number of hydrogen-bond donors (Lipinski definition) is 3. The van der Waals surface area contributed by atoms with E-state index in [9.17, 15) is 18.0 Å². The number of urea groups is 1. The quantitative estimate of drug-likeness (QED) is 0.515. The maximum Gasteiger partial charge on any atom is 0.451 e. The van der Waals surface area contributed by atoms with Gasteiger partial charge in [0.05, 0.1) is 11.4 Å². The molecule has 2 aromatic rings. The molecule has 0 atom stereocenters. The van der Waals surface area contributed by atoms with Gasteiger partial charge in [-0.05, 0) is 64.2 Å². The Morgan fingerprint density at radius 2 is 1.86 bits per heavy atom. The molecule has 4 rings (SSSR count). The van der Waals surface area contributed by atoms with E-state index in [1.165, 1.54) is 25.0 Å². The summed E-state index contributed by atoms with van der Waals surface area (Å²) in [7, 11) is 4.01. The number of furan rings is 1. The van der Waals surface area contributed by atoms with Crippen LogP contribution in [-0.4, -0.2) is 42.7 Å². The molecule has 3 N–H and O–H groups in total. The van der Waals surface area contributed by atoms with E-state index < -0.39 is 18.0 Å². The summed E-state index contributed by atoms with van der Waals surface area (Å²) in [6.07, 6.45) is 3.26. The smallest absolute Gasteiger partial charge is 0.451 e. The highest BCUT2D eigenvalue weighted by atomic mass is 19.4. The van der Waals surface area contributed by atoms with Gasteiger partial charge in [-0.3, -0.25) is 0 Å². The first kappa shape index (κ1) is 25.1. The number of alkyl halides is 3. The van der Waals surface area contributed by atoms with E-state index in [0.29, 0.717) is 12.5 Å². The molecule has 2 amide bonds. The molecule has 0 bridgehead atoms. The molecule has 2 aliphatic carbocycles. The van der Waals surface area contributed by atoms with Gasteiger partial charge in [-0.1, -0.05) is 0 Å². The molecule has 11 heteroatoms. The number of amides is 2. The highest BCUT2D eigenvalue weighted by Crippen LogP contribution is 2.37. The van der Waals surface area contributed by atoms with Crippen molar-refractivity contribution in [1.82, 2.24) is 15.3 Å². The minimum absolute atomic E-state index is 0.0825. The standard InChI is InChI=1S/C24H33F3N6O2/c1-14-12-19(20(35-14)24(25,26)27)31-23(34)28-13-15-8-10-16(11-9-15)29-22-30-18-7-5-4-6-17(18)21(32-22)33(2)3/h12,15-16H,4-11,13H2,1-3H3,(H2,28,31,34)(H,29,30,32). The molecule has 1 saturated carbocycles. The third-order valence-corrected chi connectivity index (χ3v) is 6.68. The summed E-state index contributed by atoms with van der Waals surface area (Å²) in [6, 6.07) is 0.749. The number of rotatable bonds is 6. The van der Waals surface area contributed by atoms with Gasteiger partial charge in [-0.15, -0.1) is 0 Å². The number of anilines is 3. The Hall–Kier alpha value is -2.98. The summed E-state index contributed by atoms with van der Waals surface area (Å²) in [4.78, 5) is 23.8. The van der Waals surface area contributed by atoms with Gasteiger partial charge in [0.15, 0.2) is 0 Å². The first-order valence-corrected chi connectivity index (χ1v) is 12.2. The Labute approximate surface area is 203 Å². The normalized spacial score (nSPS) is 20.2. The number of aryl methyl sites for hydroxylation is 2. The fraction of sp³-hybridized carbons (Fsp3) is 0.625. The van der Waals surface area contributed by atoms with Crippen LogP contribution >= 0.6 is 0 Å². The van der Waals surface area contributed by atoms with Crippen molar-refractivity contribution in [3.8, 4) is 0 Å². The monoisotopic (exact) mass is 494 g/mol. The van der Waals surface area contributed by atoms with Gasteiger partial charge >= 0.3 is 12.2 Å². The molecular weight excluding hydrogens is 461 g/mol. The lowest BCUT2D eigenvalue weighted by atomic mass is 9.86. The molecule has 8 nitrogen and oxygen atoms in total. The molecule has 0 saturated heterocycles. The van der Waals surface area contributed by atoms with Crippen LogP contribution in [0.5, 0.6) is 0 Å². The Morgan fingerprint density at radius 3 is 2.54 bits per heavy atom. The van der Waals surface area contributed by atoms with Crippen LogP contribution in [0.4, 0.5) is 35.4 Å². The third kappa shape index (κ3) is 6.18. The zero-order valence-electron chi connectivity index (χ0n) is 20.4. The van der Waals surface area contributed by atoms with Crippen LogP contribution in [-0.2, 0) is 19.0 Å². The molecule has 0 radical (unpaired) electrons. The van der Waals surface area contributed by atoms with Crippen LogP contribution in [0.1, 0.15) is 61.3 Å². The SMILES string of the molecule is Cc1cc(NC(=O)NCC2CCC(Nc3nc4c(c(N(C)C)n3)CCCC4)CC2)c(C(F)(F)F)o1. The number of nitrogens with one attached hydrogen (secondary N) is 3. The van der Waals surface area contributed by atoms with Crippen LogP contribution in [0.15, 0.2) is 10.5 Å². The van der Waals surface area contributed by atoms with Gasteiger partial charge in [0.2, 0.25) is 11.7 Å². The highest BCUT2D eigenvalue weighted by molar-refractivity contribution is 5.90. The molecule has 1 fully saturated rings. The van der Waals surface area contributed by atoms with Gasteiger partial charge in [0, 0.05) is 38.3 Å². The maximum absolute atomic E-state index is 13.0. The Morgan fingerprint density at radius 1 is 1.14 bits per heavy atom. The van der Waals surface area contributed by atoms with Crippen molar-refractivity contribution in [1.29, 1.82) is 0 Å². The molecule has 0 spiro atoms. The van der Waals surface area contributed by atoms with E-state index in [4.69, 9.17) is 14.4 Å². The number of hydrogen-bond acceptors (Lipinski definition) is 6. The number of carbonyl (C=O) groups excluding carboxylic acids is 1. The van der Waals surface area contributed by atoms with E-state index >= 15 is 0 Å². The first-order chi connectivity index (χ1) is 16.6. The molecule has 0 unspecified atom stereocenters.